The van der Waals surface area contributed by atoms with Crippen molar-refractivity contribution in [2.24, 2.45) is 0 Å². The number of benzene rings is 3. The SMILES string of the molecule is COc1ccc(CNC(CCCCCOCc2ccccc2)c2ccccc2Cl)cc1. The third-order valence-corrected chi connectivity index (χ3v) is 5.73. The molecule has 31 heavy (non-hydrogen) atoms. The average molecular weight is 438 g/mol. The van der Waals surface area contributed by atoms with Crippen LogP contribution in [-0.4, -0.2) is 13.7 Å². The molecule has 0 saturated heterocycles. The van der Waals surface area contributed by atoms with Crippen molar-refractivity contribution in [2.75, 3.05) is 13.7 Å². The Morgan fingerprint density at radius 1 is 0.806 bits per heavy atom. The summed E-state index contributed by atoms with van der Waals surface area (Å²) in [4.78, 5) is 0. The highest BCUT2D eigenvalue weighted by molar-refractivity contribution is 6.31. The summed E-state index contributed by atoms with van der Waals surface area (Å²) in [5, 5.41) is 4.52. The van der Waals surface area contributed by atoms with E-state index < -0.39 is 0 Å². The van der Waals surface area contributed by atoms with Gasteiger partial charge in [-0.1, -0.05) is 85.1 Å². The molecule has 1 atom stereocenters. The molecule has 1 unspecified atom stereocenters. The minimum Gasteiger partial charge on any atom is -0.497 e. The molecule has 4 heteroatoms. The van der Waals surface area contributed by atoms with Gasteiger partial charge in [-0.15, -0.1) is 0 Å². The molecule has 0 saturated carbocycles. The number of methoxy groups -OCH3 is 1. The lowest BCUT2D eigenvalue weighted by molar-refractivity contribution is 0.116. The smallest absolute Gasteiger partial charge is 0.118 e. The summed E-state index contributed by atoms with van der Waals surface area (Å²) in [6, 6.07) is 26.9. The van der Waals surface area contributed by atoms with Crippen molar-refractivity contribution in [1.29, 1.82) is 0 Å². The zero-order valence-corrected chi connectivity index (χ0v) is 19.0. The van der Waals surface area contributed by atoms with Gasteiger partial charge in [-0.25, -0.2) is 0 Å². The molecule has 0 heterocycles. The Hall–Kier alpha value is -2.33. The van der Waals surface area contributed by atoms with Crippen molar-refractivity contribution in [3.8, 4) is 5.75 Å². The van der Waals surface area contributed by atoms with Gasteiger partial charge in [0.1, 0.15) is 5.75 Å². The maximum atomic E-state index is 6.50. The predicted molar refractivity (Wildman–Crippen MR) is 129 cm³/mol. The molecule has 0 aliphatic rings. The molecule has 0 fully saturated rings. The summed E-state index contributed by atoms with van der Waals surface area (Å²) in [6.45, 7) is 2.28. The molecule has 0 spiro atoms. The van der Waals surface area contributed by atoms with E-state index >= 15 is 0 Å². The average Bonchev–Trinajstić information content (AvgIpc) is 2.82. The first-order chi connectivity index (χ1) is 15.3. The highest BCUT2D eigenvalue weighted by Gasteiger charge is 2.14. The van der Waals surface area contributed by atoms with Crippen LogP contribution in [0.15, 0.2) is 78.9 Å². The van der Waals surface area contributed by atoms with Crippen LogP contribution in [0.5, 0.6) is 5.75 Å². The van der Waals surface area contributed by atoms with Gasteiger partial charge >= 0.3 is 0 Å². The van der Waals surface area contributed by atoms with Crippen molar-refractivity contribution in [3.05, 3.63) is 101 Å². The maximum Gasteiger partial charge on any atom is 0.118 e. The second-order valence-corrected chi connectivity index (χ2v) is 8.10. The minimum absolute atomic E-state index is 0.223. The molecule has 0 aromatic heterocycles. The van der Waals surface area contributed by atoms with Crippen LogP contribution < -0.4 is 10.1 Å². The van der Waals surface area contributed by atoms with Crippen LogP contribution in [0.25, 0.3) is 0 Å². The number of halogens is 1. The molecule has 3 rings (SSSR count). The lowest BCUT2D eigenvalue weighted by Crippen LogP contribution is -2.21. The largest absolute Gasteiger partial charge is 0.497 e. The molecule has 3 aromatic rings. The topological polar surface area (TPSA) is 30.5 Å². The zero-order chi connectivity index (χ0) is 21.7. The Bertz CT molecular complexity index is 883. The summed E-state index contributed by atoms with van der Waals surface area (Å²) in [5.41, 5.74) is 3.62. The lowest BCUT2D eigenvalue weighted by Gasteiger charge is -2.21. The van der Waals surface area contributed by atoms with Crippen molar-refractivity contribution >= 4 is 11.6 Å². The van der Waals surface area contributed by atoms with Gasteiger partial charge in [0, 0.05) is 24.2 Å². The highest BCUT2D eigenvalue weighted by atomic mass is 35.5. The van der Waals surface area contributed by atoms with E-state index in [9.17, 15) is 0 Å². The molecular formula is C27H32ClNO2. The molecule has 0 aliphatic heterocycles. The van der Waals surface area contributed by atoms with Crippen LogP contribution in [0.1, 0.15) is 48.4 Å². The number of rotatable bonds is 13. The van der Waals surface area contributed by atoms with E-state index in [1.165, 1.54) is 11.1 Å². The Labute approximate surface area is 191 Å². The third kappa shape index (κ3) is 8.02. The van der Waals surface area contributed by atoms with Crippen LogP contribution >= 0.6 is 11.6 Å². The van der Waals surface area contributed by atoms with Crippen LogP contribution in [0.4, 0.5) is 0 Å². The number of nitrogens with one attached hydrogen (secondary N) is 1. The van der Waals surface area contributed by atoms with E-state index in [-0.39, 0.29) is 6.04 Å². The van der Waals surface area contributed by atoms with Crippen LogP contribution in [0.2, 0.25) is 5.02 Å². The standard InChI is InChI=1S/C27H32ClNO2/c1-30-24-17-15-22(16-18-24)20-29-27(25-12-7-8-13-26(25)28)14-6-3-9-19-31-21-23-10-4-2-5-11-23/h2,4-5,7-8,10-13,15-18,27,29H,3,6,9,14,19-21H2,1H3. The summed E-state index contributed by atoms with van der Waals surface area (Å²) in [6.07, 6.45) is 4.37. The van der Waals surface area contributed by atoms with E-state index in [1.54, 1.807) is 7.11 Å². The Morgan fingerprint density at radius 3 is 2.29 bits per heavy atom. The van der Waals surface area contributed by atoms with E-state index in [4.69, 9.17) is 21.1 Å². The summed E-state index contributed by atoms with van der Waals surface area (Å²) in [5.74, 6) is 0.876. The lowest BCUT2D eigenvalue weighted by atomic mass is 10.00. The number of ether oxygens (including phenoxy) is 2. The van der Waals surface area contributed by atoms with Gasteiger partial charge in [-0.2, -0.15) is 0 Å². The van der Waals surface area contributed by atoms with Crippen molar-refractivity contribution in [1.82, 2.24) is 5.32 Å². The van der Waals surface area contributed by atoms with Crippen LogP contribution in [0.3, 0.4) is 0 Å². The molecule has 3 aromatic carbocycles. The first-order valence-corrected chi connectivity index (χ1v) is 11.4. The van der Waals surface area contributed by atoms with Crippen molar-refractivity contribution in [3.63, 3.8) is 0 Å². The zero-order valence-electron chi connectivity index (χ0n) is 18.2. The fourth-order valence-electron chi connectivity index (χ4n) is 3.60. The fourth-order valence-corrected chi connectivity index (χ4v) is 3.87. The molecule has 0 aliphatic carbocycles. The second kappa shape index (κ2) is 13.2. The van der Waals surface area contributed by atoms with Gasteiger partial charge in [0.2, 0.25) is 0 Å². The van der Waals surface area contributed by atoms with E-state index in [2.05, 4.69) is 41.7 Å². The van der Waals surface area contributed by atoms with E-state index in [0.29, 0.717) is 6.61 Å². The quantitative estimate of drug-likeness (QED) is 0.293. The summed E-state index contributed by atoms with van der Waals surface area (Å²) >= 11 is 6.50. The number of hydrogen-bond acceptors (Lipinski definition) is 3. The third-order valence-electron chi connectivity index (χ3n) is 5.39. The van der Waals surface area contributed by atoms with Crippen LogP contribution in [-0.2, 0) is 17.9 Å². The van der Waals surface area contributed by atoms with Gasteiger partial charge in [0.05, 0.1) is 13.7 Å². The molecule has 0 bridgehead atoms. The van der Waals surface area contributed by atoms with Gasteiger partial charge in [0.15, 0.2) is 0 Å². The van der Waals surface area contributed by atoms with Gasteiger partial charge in [0.25, 0.3) is 0 Å². The Morgan fingerprint density at radius 2 is 1.55 bits per heavy atom. The maximum absolute atomic E-state index is 6.50. The first kappa shape index (κ1) is 23.3. The highest BCUT2D eigenvalue weighted by Crippen LogP contribution is 2.27. The van der Waals surface area contributed by atoms with Gasteiger partial charge < -0.3 is 14.8 Å². The van der Waals surface area contributed by atoms with Gasteiger partial charge in [-0.3, -0.25) is 0 Å². The normalized spacial score (nSPS) is 11.9. The van der Waals surface area contributed by atoms with Crippen molar-refractivity contribution in [2.45, 2.75) is 44.9 Å². The second-order valence-electron chi connectivity index (χ2n) is 7.69. The Balaban J connectivity index is 1.44. The first-order valence-electron chi connectivity index (χ1n) is 11.0. The predicted octanol–water partition coefficient (Wildman–Crippen LogP) is 6.96. The molecule has 1 N–H and O–H groups in total. The molecule has 164 valence electrons. The molecular weight excluding hydrogens is 406 g/mol. The van der Waals surface area contributed by atoms with Gasteiger partial charge in [-0.05, 0) is 47.7 Å². The monoisotopic (exact) mass is 437 g/mol. The summed E-state index contributed by atoms with van der Waals surface area (Å²) in [7, 11) is 1.69. The van der Waals surface area contributed by atoms with Crippen molar-refractivity contribution < 1.29 is 9.47 Å². The van der Waals surface area contributed by atoms with E-state index in [0.717, 1.165) is 55.2 Å². The van der Waals surface area contributed by atoms with E-state index in [1.807, 2.05) is 42.5 Å². The number of hydrogen-bond donors (Lipinski definition) is 1. The molecule has 3 nitrogen and oxygen atoms in total. The fraction of sp³-hybridized carbons (Fsp3) is 0.333. The summed E-state index contributed by atoms with van der Waals surface area (Å²) < 4.78 is 11.1. The Kier molecular flexibility index (Phi) is 9.91. The van der Waals surface area contributed by atoms with Crippen LogP contribution in [0, 0.1) is 0 Å². The molecule has 0 amide bonds. The number of unbranched alkanes of at least 4 members (excludes halogenated alkanes) is 2. The molecule has 0 radical (unpaired) electrons. The minimum atomic E-state index is 0.223.